The molecule has 0 saturated carbocycles. The Morgan fingerprint density at radius 3 is 2.73 bits per heavy atom. The van der Waals surface area contributed by atoms with E-state index in [1.807, 2.05) is 0 Å². The smallest absolute Gasteiger partial charge is 0.339 e. The maximum atomic E-state index is 13.2. The molecular formula is C14H10ClFN2O4. The second-order valence-electron chi connectivity index (χ2n) is 4.36. The summed E-state index contributed by atoms with van der Waals surface area (Å²) in [5.41, 5.74) is -0.0268. The number of nitrogens with zero attached hydrogens (tertiary/aromatic N) is 1. The molecule has 0 saturated heterocycles. The highest BCUT2D eigenvalue weighted by Crippen LogP contribution is 2.25. The van der Waals surface area contributed by atoms with Crippen LogP contribution in [-0.4, -0.2) is 16.0 Å². The molecule has 0 fully saturated rings. The summed E-state index contributed by atoms with van der Waals surface area (Å²) in [6.07, 6.45) is 0. The Labute approximate surface area is 129 Å². The molecule has 0 aliphatic heterocycles. The van der Waals surface area contributed by atoms with Crippen molar-refractivity contribution < 1.29 is 19.2 Å². The van der Waals surface area contributed by atoms with Crippen LogP contribution >= 0.6 is 11.6 Å². The third-order valence-corrected chi connectivity index (χ3v) is 3.23. The Morgan fingerprint density at radius 1 is 1.36 bits per heavy atom. The van der Waals surface area contributed by atoms with E-state index in [4.69, 9.17) is 16.7 Å². The Morgan fingerprint density at radius 2 is 2.09 bits per heavy atom. The van der Waals surface area contributed by atoms with Crippen molar-refractivity contribution in [2.75, 3.05) is 5.32 Å². The molecule has 0 spiro atoms. The summed E-state index contributed by atoms with van der Waals surface area (Å²) in [6.45, 7) is 0.0851. The van der Waals surface area contributed by atoms with Gasteiger partial charge in [-0.25, -0.2) is 4.79 Å². The number of carboxylic acid groups (broad SMARTS) is 1. The average Bonchev–Trinajstić information content (AvgIpc) is 2.45. The summed E-state index contributed by atoms with van der Waals surface area (Å²) >= 11 is 5.83. The van der Waals surface area contributed by atoms with E-state index in [1.165, 1.54) is 18.2 Å². The number of nitro groups is 1. The van der Waals surface area contributed by atoms with Crippen molar-refractivity contribution in [3.8, 4) is 0 Å². The van der Waals surface area contributed by atoms with Crippen molar-refractivity contribution in [1.29, 1.82) is 0 Å². The van der Waals surface area contributed by atoms with E-state index in [1.54, 1.807) is 6.07 Å². The monoisotopic (exact) mass is 324 g/mol. The lowest BCUT2D eigenvalue weighted by molar-refractivity contribution is -0.387. The first-order valence-corrected chi connectivity index (χ1v) is 6.46. The molecule has 22 heavy (non-hydrogen) atoms. The highest BCUT2D eigenvalue weighted by atomic mass is 35.5. The molecule has 0 heterocycles. The number of hydrogen-bond donors (Lipinski definition) is 2. The van der Waals surface area contributed by atoms with Crippen LogP contribution in [-0.2, 0) is 6.54 Å². The molecule has 0 aromatic heterocycles. The number of rotatable bonds is 5. The molecule has 2 aromatic carbocycles. The second-order valence-corrected chi connectivity index (χ2v) is 4.77. The fourth-order valence-corrected chi connectivity index (χ4v) is 2.15. The fraction of sp³-hybridized carbons (Fsp3) is 0.0714. The normalized spacial score (nSPS) is 10.3. The van der Waals surface area contributed by atoms with E-state index >= 15 is 0 Å². The number of nitrogens with one attached hydrogen (secondary N) is 1. The number of hydrogen-bond acceptors (Lipinski definition) is 4. The van der Waals surface area contributed by atoms with E-state index in [0.29, 0.717) is 5.56 Å². The van der Waals surface area contributed by atoms with Gasteiger partial charge in [-0.1, -0.05) is 23.7 Å². The van der Waals surface area contributed by atoms with Crippen molar-refractivity contribution in [3.63, 3.8) is 0 Å². The van der Waals surface area contributed by atoms with Gasteiger partial charge in [0.15, 0.2) is 0 Å². The lowest BCUT2D eigenvalue weighted by Crippen LogP contribution is -2.07. The van der Waals surface area contributed by atoms with Crippen LogP contribution in [0.4, 0.5) is 15.8 Å². The molecule has 0 bridgehead atoms. The van der Waals surface area contributed by atoms with Gasteiger partial charge in [0, 0.05) is 12.6 Å². The van der Waals surface area contributed by atoms with Crippen LogP contribution in [0.25, 0.3) is 0 Å². The summed E-state index contributed by atoms with van der Waals surface area (Å²) in [5, 5.41) is 22.7. The highest BCUT2D eigenvalue weighted by molar-refractivity contribution is 6.34. The number of anilines is 1. The second kappa shape index (κ2) is 6.40. The van der Waals surface area contributed by atoms with Gasteiger partial charge in [-0.3, -0.25) is 10.1 Å². The molecule has 2 aromatic rings. The molecule has 2 N–H and O–H groups in total. The van der Waals surface area contributed by atoms with Crippen molar-refractivity contribution in [2.45, 2.75) is 6.54 Å². The number of benzene rings is 2. The van der Waals surface area contributed by atoms with Gasteiger partial charge in [0.05, 0.1) is 15.6 Å². The van der Waals surface area contributed by atoms with Gasteiger partial charge in [0.25, 0.3) is 0 Å². The first-order valence-electron chi connectivity index (χ1n) is 6.08. The largest absolute Gasteiger partial charge is 0.478 e. The summed E-state index contributed by atoms with van der Waals surface area (Å²) in [4.78, 5) is 21.0. The third-order valence-electron chi connectivity index (χ3n) is 2.92. The number of carboxylic acids is 1. The first-order chi connectivity index (χ1) is 10.4. The minimum absolute atomic E-state index is 0.0718. The highest BCUT2D eigenvalue weighted by Gasteiger charge is 2.16. The van der Waals surface area contributed by atoms with Crippen molar-refractivity contribution in [2.24, 2.45) is 0 Å². The topological polar surface area (TPSA) is 92.5 Å². The van der Waals surface area contributed by atoms with Gasteiger partial charge in [-0.15, -0.1) is 0 Å². The summed E-state index contributed by atoms with van der Waals surface area (Å²) in [6, 6.07) is 8.00. The number of aromatic carboxylic acids is 1. The van der Waals surface area contributed by atoms with Gasteiger partial charge < -0.3 is 10.4 Å². The van der Waals surface area contributed by atoms with Gasteiger partial charge in [0.2, 0.25) is 5.82 Å². The third kappa shape index (κ3) is 3.32. The summed E-state index contributed by atoms with van der Waals surface area (Å²) in [7, 11) is 0. The number of carbonyl (C=O) groups is 1. The molecule has 2 rings (SSSR count). The minimum Gasteiger partial charge on any atom is -0.478 e. The van der Waals surface area contributed by atoms with E-state index in [9.17, 15) is 19.3 Å². The van der Waals surface area contributed by atoms with Crippen LogP contribution in [0.3, 0.4) is 0 Å². The zero-order valence-electron chi connectivity index (χ0n) is 11.0. The molecule has 6 nitrogen and oxygen atoms in total. The molecule has 0 atom stereocenters. The van der Waals surface area contributed by atoms with E-state index in [2.05, 4.69) is 5.32 Å². The van der Waals surface area contributed by atoms with E-state index in [-0.39, 0.29) is 22.8 Å². The van der Waals surface area contributed by atoms with Crippen LogP contribution in [0.1, 0.15) is 15.9 Å². The SMILES string of the molecule is O=C(O)c1c(Cl)cccc1NCc1ccc(F)c([N+](=O)[O-])c1. The van der Waals surface area contributed by atoms with Gasteiger partial charge in [-0.2, -0.15) is 4.39 Å². The predicted octanol–water partition coefficient (Wildman–Crippen LogP) is 3.70. The lowest BCUT2D eigenvalue weighted by Gasteiger charge is -2.11. The predicted molar refractivity (Wildman–Crippen MR) is 78.8 cm³/mol. The fourth-order valence-electron chi connectivity index (χ4n) is 1.89. The van der Waals surface area contributed by atoms with Crippen molar-refractivity contribution in [3.05, 3.63) is 68.5 Å². The summed E-state index contributed by atoms with van der Waals surface area (Å²) < 4.78 is 13.2. The van der Waals surface area contributed by atoms with Crippen LogP contribution in [0.2, 0.25) is 5.02 Å². The molecule has 0 unspecified atom stereocenters. The van der Waals surface area contributed by atoms with Crippen LogP contribution < -0.4 is 5.32 Å². The van der Waals surface area contributed by atoms with Crippen molar-refractivity contribution >= 4 is 28.9 Å². The Bertz CT molecular complexity index is 752. The lowest BCUT2D eigenvalue weighted by atomic mass is 10.1. The van der Waals surface area contributed by atoms with Crippen LogP contribution in [0, 0.1) is 15.9 Å². The maximum absolute atomic E-state index is 13.2. The number of nitro benzene ring substituents is 1. The van der Waals surface area contributed by atoms with Crippen LogP contribution in [0.5, 0.6) is 0 Å². The molecule has 0 aliphatic carbocycles. The van der Waals surface area contributed by atoms with E-state index in [0.717, 1.165) is 12.1 Å². The quantitative estimate of drug-likeness (QED) is 0.646. The van der Waals surface area contributed by atoms with Gasteiger partial charge in [0.1, 0.15) is 5.56 Å². The summed E-state index contributed by atoms with van der Waals surface area (Å²) in [5.74, 6) is -2.12. The molecule has 114 valence electrons. The van der Waals surface area contributed by atoms with Gasteiger partial charge in [-0.05, 0) is 23.8 Å². The molecule has 0 amide bonds. The Kier molecular flexibility index (Phi) is 4.57. The van der Waals surface area contributed by atoms with E-state index < -0.39 is 22.4 Å². The average molecular weight is 325 g/mol. The molecular weight excluding hydrogens is 315 g/mol. The zero-order chi connectivity index (χ0) is 16.3. The molecule has 0 radical (unpaired) electrons. The number of halogens is 2. The Balaban J connectivity index is 2.24. The minimum atomic E-state index is -1.20. The zero-order valence-corrected chi connectivity index (χ0v) is 11.8. The standard InChI is InChI=1S/C14H10ClFN2O4/c15-9-2-1-3-11(13(9)14(19)20)17-7-8-4-5-10(16)12(6-8)18(21)22/h1-6,17H,7H2,(H,19,20). The Hall–Kier alpha value is -2.67. The first kappa shape index (κ1) is 15.7. The molecule has 8 heteroatoms. The maximum Gasteiger partial charge on any atom is 0.339 e. The van der Waals surface area contributed by atoms with Crippen LogP contribution in [0.15, 0.2) is 36.4 Å². The van der Waals surface area contributed by atoms with Gasteiger partial charge >= 0.3 is 11.7 Å². The molecule has 0 aliphatic rings. The van der Waals surface area contributed by atoms with Crippen molar-refractivity contribution in [1.82, 2.24) is 0 Å².